The molecule has 17 nitrogen and oxygen atoms in total. The van der Waals surface area contributed by atoms with Gasteiger partial charge in [0.2, 0.25) is 23.6 Å². The zero-order chi connectivity index (χ0) is 50.0. The van der Waals surface area contributed by atoms with E-state index in [9.17, 15) is 29.1 Å². The van der Waals surface area contributed by atoms with E-state index in [0.717, 1.165) is 45.7 Å². The molecule has 68 heavy (non-hydrogen) atoms. The van der Waals surface area contributed by atoms with Gasteiger partial charge in [-0.3, -0.25) is 19.2 Å². The zero-order valence-corrected chi connectivity index (χ0v) is 42.1. The molecule has 0 unspecified atom stereocenters. The molecule has 18 heteroatoms. The lowest BCUT2D eigenvalue weighted by molar-refractivity contribution is -0.144. The molecule has 0 saturated carbocycles. The number of ether oxygens (including phenoxy) is 5. The van der Waals surface area contributed by atoms with Crippen LogP contribution in [-0.2, 0) is 55.9 Å². The Hall–Kier alpha value is -4.98. The summed E-state index contributed by atoms with van der Waals surface area (Å²) in [5.41, 5.74) is 10.8. The van der Waals surface area contributed by atoms with Crippen LogP contribution >= 0.6 is 11.3 Å². The number of primary amides is 1. The van der Waals surface area contributed by atoms with Crippen LogP contribution in [-0.4, -0.2) is 127 Å². The zero-order valence-electron chi connectivity index (χ0n) is 41.3. The quantitative estimate of drug-likeness (QED) is 0.0626. The van der Waals surface area contributed by atoms with Gasteiger partial charge in [-0.05, 0) is 88.5 Å². The van der Waals surface area contributed by atoms with Gasteiger partial charge in [-0.15, -0.1) is 11.3 Å². The van der Waals surface area contributed by atoms with Crippen molar-refractivity contribution in [2.24, 2.45) is 11.1 Å². The monoisotopic (exact) mass is 967 g/mol. The summed E-state index contributed by atoms with van der Waals surface area (Å²) in [7, 11) is 0. The minimum absolute atomic E-state index is 0.0244. The molecule has 0 aliphatic carbocycles. The fourth-order valence-corrected chi connectivity index (χ4v) is 8.34. The maximum absolute atomic E-state index is 14.0. The average molecular weight is 967 g/mol. The third-order valence-electron chi connectivity index (χ3n) is 11.3. The molecule has 1 aliphatic rings. The highest BCUT2D eigenvalue weighted by Crippen LogP contribution is 2.30. The van der Waals surface area contributed by atoms with Crippen LogP contribution in [0.3, 0.4) is 0 Å². The molecule has 1 aliphatic heterocycles. The van der Waals surface area contributed by atoms with E-state index in [1.54, 1.807) is 32.1 Å². The highest BCUT2D eigenvalue weighted by atomic mass is 32.1. The van der Waals surface area contributed by atoms with Gasteiger partial charge in [-0.25, -0.2) is 9.78 Å². The summed E-state index contributed by atoms with van der Waals surface area (Å²) in [6.07, 6.45) is 0.304. The Morgan fingerprint density at radius 3 is 2.10 bits per heavy atom. The number of alkyl carbamates (subject to hydrolysis) is 1. The number of carbonyl (C=O) groups is 5. The lowest BCUT2D eigenvalue weighted by Gasteiger charge is -2.35. The maximum Gasteiger partial charge on any atom is 0.407 e. The molecule has 6 atom stereocenters. The van der Waals surface area contributed by atoms with Crippen molar-refractivity contribution in [3.05, 3.63) is 76.4 Å². The lowest BCUT2D eigenvalue weighted by atomic mass is 9.85. The number of aromatic nitrogens is 1. The first-order chi connectivity index (χ1) is 32.1. The Morgan fingerprint density at radius 1 is 0.868 bits per heavy atom. The molecule has 0 spiro atoms. The van der Waals surface area contributed by atoms with Crippen LogP contribution in [0.4, 0.5) is 4.79 Å². The van der Waals surface area contributed by atoms with Gasteiger partial charge in [-0.1, -0.05) is 69.3 Å². The van der Waals surface area contributed by atoms with Crippen LogP contribution in [0, 0.1) is 12.3 Å². The lowest BCUT2D eigenvalue weighted by Crippen LogP contribution is -2.58. The van der Waals surface area contributed by atoms with Gasteiger partial charge in [-0.2, -0.15) is 0 Å². The predicted octanol–water partition coefficient (Wildman–Crippen LogP) is 5.53. The van der Waals surface area contributed by atoms with E-state index in [4.69, 9.17) is 29.4 Å². The number of aryl methyl sites for hydroxylation is 2. The number of likely N-dealkylation sites (tertiary alicyclic amines) is 1. The molecule has 1 saturated heterocycles. The topological polar surface area (TPSA) is 230 Å². The second-order valence-corrected chi connectivity index (χ2v) is 20.2. The number of nitrogens with two attached hydrogens (primary N) is 1. The molecule has 3 aromatic rings. The molecule has 5 amide bonds. The minimum atomic E-state index is -0.973. The van der Waals surface area contributed by atoms with E-state index in [1.807, 2.05) is 95.6 Å². The van der Waals surface area contributed by atoms with E-state index in [2.05, 4.69) is 20.9 Å². The second kappa shape index (κ2) is 26.7. The fraction of sp³-hybridized carbons (Fsp3) is 0.600. The van der Waals surface area contributed by atoms with Crippen molar-refractivity contribution in [3.8, 4) is 10.4 Å². The summed E-state index contributed by atoms with van der Waals surface area (Å²) in [5, 5.41) is 19.2. The first kappa shape index (κ1) is 55.6. The smallest absolute Gasteiger partial charge is 0.407 e. The summed E-state index contributed by atoms with van der Waals surface area (Å²) in [5.74, 6) is -1.77. The van der Waals surface area contributed by atoms with Gasteiger partial charge >= 0.3 is 6.09 Å². The fourth-order valence-electron chi connectivity index (χ4n) is 7.53. The Labute approximate surface area is 405 Å². The number of nitrogens with one attached hydrogen (secondary N) is 3. The van der Waals surface area contributed by atoms with Crippen molar-refractivity contribution in [3.63, 3.8) is 0 Å². The SMILES string of the molecule is Cc1ncsc1-c1ccc([C@H](C)NC(=O)[C@@H]2C[C@@H](O)CN2C(=O)[C@@H](NC(=O)COCCOCCOCCCc2ccc(CO[C@H](C)[C@H](CCC(N)=O)NC(=O)OC(C)(C)C)cc2)C(C)(C)C)cc1. The summed E-state index contributed by atoms with van der Waals surface area (Å²) in [6.45, 7) is 18.2. The molecule has 376 valence electrons. The van der Waals surface area contributed by atoms with Gasteiger partial charge in [0.05, 0.1) is 73.4 Å². The van der Waals surface area contributed by atoms with Crippen molar-refractivity contribution in [1.29, 1.82) is 0 Å². The van der Waals surface area contributed by atoms with Crippen molar-refractivity contribution in [2.75, 3.05) is 46.2 Å². The first-order valence-electron chi connectivity index (χ1n) is 23.4. The number of hydrogen-bond acceptors (Lipinski definition) is 13. The number of β-amino-alcohol motifs (C(OH)–C–C–N with tert-alkyl or cyclic N) is 1. The van der Waals surface area contributed by atoms with Crippen LogP contribution in [0.2, 0.25) is 0 Å². The summed E-state index contributed by atoms with van der Waals surface area (Å²) < 4.78 is 28.3. The predicted molar refractivity (Wildman–Crippen MR) is 259 cm³/mol. The van der Waals surface area contributed by atoms with E-state index in [1.165, 1.54) is 4.90 Å². The average Bonchev–Trinajstić information content (AvgIpc) is 3.89. The summed E-state index contributed by atoms with van der Waals surface area (Å²) >= 11 is 1.57. The third-order valence-corrected chi connectivity index (χ3v) is 12.3. The number of carbonyl (C=O) groups excluding carboxylic acids is 5. The van der Waals surface area contributed by atoms with Gasteiger partial charge < -0.3 is 55.4 Å². The number of rotatable bonds is 26. The highest BCUT2D eigenvalue weighted by Gasteiger charge is 2.44. The molecule has 0 radical (unpaired) electrons. The number of aliphatic hydroxyl groups excluding tert-OH is 1. The van der Waals surface area contributed by atoms with E-state index in [0.29, 0.717) is 32.8 Å². The van der Waals surface area contributed by atoms with Gasteiger partial charge in [0.1, 0.15) is 24.3 Å². The first-order valence-corrected chi connectivity index (χ1v) is 24.3. The van der Waals surface area contributed by atoms with Crippen LogP contribution in [0.1, 0.15) is 109 Å². The molecule has 0 bridgehead atoms. The van der Waals surface area contributed by atoms with E-state index >= 15 is 0 Å². The summed E-state index contributed by atoms with van der Waals surface area (Å²) in [6, 6.07) is 13.3. The number of benzene rings is 2. The molecule has 1 fully saturated rings. The van der Waals surface area contributed by atoms with Crippen LogP contribution in [0.25, 0.3) is 10.4 Å². The number of nitrogens with zero attached hydrogens (tertiary/aromatic N) is 2. The molecular formula is C50H74N6O11S. The Morgan fingerprint density at radius 2 is 1.50 bits per heavy atom. The molecule has 4 rings (SSSR count). The van der Waals surface area contributed by atoms with Crippen molar-refractivity contribution in [1.82, 2.24) is 25.8 Å². The van der Waals surface area contributed by atoms with Gasteiger partial charge in [0, 0.05) is 26.0 Å². The number of hydrogen-bond donors (Lipinski definition) is 5. The largest absolute Gasteiger partial charge is 0.444 e. The van der Waals surface area contributed by atoms with Crippen LogP contribution in [0.15, 0.2) is 54.0 Å². The van der Waals surface area contributed by atoms with E-state index < -0.39 is 65.2 Å². The Kier molecular flexibility index (Phi) is 21.8. The molecular weight excluding hydrogens is 893 g/mol. The number of amides is 5. The normalized spacial score (nSPS) is 16.9. The standard InChI is InChI=1S/C50H74N6O11S/c1-32(37-16-18-38(19-17-37)44-33(2)52-31-68-44)53-46(60)41-27-39(57)28-56(41)47(61)45(49(4,5)6)55-43(59)30-65-26-25-64-24-23-63-22-10-11-35-12-14-36(15-13-35)29-66-34(3)40(20-21-42(51)58)54-48(62)67-50(7,8)9/h12-19,31-32,34,39-41,45,57H,10-11,20-30H2,1-9H3,(H2,51,58)(H,53,60)(H,54,62)(H,55,59)/t32-,34+,39+,40-,41-,45+/m0/s1. The second-order valence-electron chi connectivity index (χ2n) is 19.4. The maximum atomic E-state index is 14.0. The van der Waals surface area contributed by atoms with Crippen molar-refractivity contribution in [2.45, 2.75) is 143 Å². The Balaban J connectivity index is 1.09. The minimum Gasteiger partial charge on any atom is -0.444 e. The van der Waals surface area contributed by atoms with Gasteiger partial charge in [0.25, 0.3) is 0 Å². The van der Waals surface area contributed by atoms with Crippen LogP contribution in [0.5, 0.6) is 0 Å². The van der Waals surface area contributed by atoms with Crippen molar-refractivity contribution >= 4 is 41.1 Å². The molecule has 1 aromatic heterocycles. The van der Waals surface area contributed by atoms with Crippen molar-refractivity contribution < 1.29 is 52.8 Å². The van der Waals surface area contributed by atoms with Crippen LogP contribution < -0.4 is 21.7 Å². The number of thiazole rings is 1. The number of aliphatic hydroxyl groups is 1. The van der Waals surface area contributed by atoms with Gasteiger partial charge in [0.15, 0.2) is 0 Å². The Bertz CT molecular complexity index is 2070. The molecule has 2 heterocycles. The summed E-state index contributed by atoms with van der Waals surface area (Å²) in [4.78, 5) is 71.2. The van der Waals surface area contributed by atoms with E-state index in [-0.39, 0.29) is 51.2 Å². The molecule has 2 aromatic carbocycles. The third kappa shape index (κ3) is 18.8. The highest BCUT2D eigenvalue weighted by molar-refractivity contribution is 7.13. The molecule has 6 N–H and O–H groups in total.